The molecule has 2 aromatic rings. The summed E-state index contributed by atoms with van der Waals surface area (Å²) in [6.45, 7) is 4.13. The minimum atomic E-state index is -1.07. The predicted molar refractivity (Wildman–Crippen MR) is 127 cm³/mol. The van der Waals surface area contributed by atoms with Crippen LogP contribution in [-0.4, -0.2) is 40.3 Å². The van der Waals surface area contributed by atoms with E-state index in [4.69, 9.17) is 11.6 Å². The molecule has 160 valence electrons. The van der Waals surface area contributed by atoms with Gasteiger partial charge in [-0.1, -0.05) is 37.6 Å². The number of carboxylic acids is 1. The molecular formula is C21H23ClN2O3S3. The zero-order valence-electron chi connectivity index (χ0n) is 16.9. The highest BCUT2D eigenvalue weighted by atomic mass is 35.5. The van der Waals surface area contributed by atoms with E-state index in [1.807, 2.05) is 6.26 Å². The number of hydrogen-bond donors (Lipinski definition) is 2. The van der Waals surface area contributed by atoms with Crippen molar-refractivity contribution in [3.63, 3.8) is 0 Å². The van der Waals surface area contributed by atoms with Gasteiger partial charge in [-0.05, 0) is 42.5 Å². The molecule has 0 aliphatic heterocycles. The molecule has 2 rings (SSSR count). The minimum absolute atomic E-state index is 0.276. The fourth-order valence-corrected chi connectivity index (χ4v) is 5.87. The van der Waals surface area contributed by atoms with Gasteiger partial charge in [0.25, 0.3) is 5.91 Å². The number of hydrogen-bond acceptors (Lipinski definition) is 6. The fraction of sp³-hybridized carbons (Fsp3) is 0.381. The first-order chi connectivity index (χ1) is 14.3. The molecule has 5 nitrogen and oxygen atoms in total. The van der Waals surface area contributed by atoms with Crippen LogP contribution >= 0.6 is 46.5 Å². The number of nitrogens with one attached hydrogen (secondary N) is 1. The Hall–Kier alpha value is -1.66. The lowest BCUT2D eigenvalue weighted by atomic mass is 10.0. The summed E-state index contributed by atoms with van der Waals surface area (Å²) in [7, 11) is 0. The van der Waals surface area contributed by atoms with E-state index in [1.54, 1.807) is 36.0 Å². The van der Waals surface area contributed by atoms with Gasteiger partial charge < -0.3 is 10.4 Å². The van der Waals surface area contributed by atoms with Gasteiger partial charge in [0.15, 0.2) is 0 Å². The average Bonchev–Trinajstić information content (AvgIpc) is 3.09. The second-order valence-corrected chi connectivity index (χ2v) is 10.7. The third-order valence-corrected chi connectivity index (χ3v) is 8.00. The standard InChI is InChI=1S/C21H23ClN2O3S3/c1-4-12(2)29-21-15(11-23)17(13-5-7-14(22)8-6-13)18(30-21)19(25)24-16(20(26)27)9-10-28-3/h5-8,12,16H,4,9-10H2,1-3H3,(H,24,25)(H,26,27)/t12?,16-/m0/s1. The molecule has 0 aliphatic rings. The number of carboxylic acid groups (broad SMARTS) is 1. The van der Waals surface area contributed by atoms with Gasteiger partial charge in [-0.15, -0.1) is 23.1 Å². The molecule has 0 saturated heterocycles. The van der Waals surface area contributed by atoms with Crippen LogP contribution in [0.3, 0.4) is 0 Å². The van der Waals surface area contributed by atoms with Crippen molar-refractivity contribution in [3.05, 3.63) is 39.7 Å². The molecule has 1 heterocycles. The maximum absolute atomic E-state index is 13.1. The largest absolute Gasteiger partial charge is 0.480 e. The molecule has 0 saturated carbocycles. The molecule has 9 heteroatoms. The first-order valence-corrected chi connectivity index (χ1v) is 12.8. The number of benzene rings is 1. The Kier molecular flexibility index (Phi) is 9.56. The molecule has 2 N–H and O–H groups in total. The quantitative estimate of drug-likeness (QED) is 0.418. The van der Waals surface area contributed by atoms with Gasteiger partial charge in [0.2, 0.25) is 0 Å². The minimum Gasteiger partial charge on any atom is -0.480 e. The summed E-state index contributed by atoms with van der Waals surface area (Å²) in [4.78, 5) is 25.0. The van der Waals surface area contributed by atoms with E-state index in [-0.39, 0.29) is 5.25 Å². The summed E-state index contributed by atoms with van der Waals surface area (Å²) in [5, 5.41) is 22.8. The Labute approximate surface area is 194 Å². The average molecular weight is 483 g/mol. The number of rotatable bonds is 10. The molecule has 0 bridgehead atoms. The SMILES string of the molecule is CCC(C)Sc1sc(C(=O)N[C@@H](CCSC)C(=O)O)c(-c2ccc(Cl)cc2)c1C#N. The van der Waals surface area contributed by atoms with Crippen LogP contribution in [0.1, 0.15) is 41.9 Å². The number of aliphatic carboxylic acids is 1. The highest BCUT2D eigenvalue weighted by Gasteiger charge is 2.28. The van der Waals surface area contributed by atoms with Gasteiger partial charge in [0, 0.05) is 15.8 Å². The van der Waals surface area contributed by atoms with E-state index >= 15 is 0 Å². The van der Waals surface area contributed by atoms with Crippen molar-refractivity contribution < 1.29 is 14.7 Å². The van der Waals surface area contributed by atoms with Crippen LogP contribution in [0.2, 0.25) is 5.02 Å². The molecule has 2 atom stereocenters. The van der Waals surface area contributed by atoms with E-state index in [9.17, 15) is 20.0 Å². The lowest BCUT2D eigenvalue weighted by molar-refractivity contribution is -0.139. The first-order valence-electron chi connectivity index (χ1n) is 9.34. The smallest absolute Gasteiger partial charge is 0.326 e. The Bertz CT molecular complexity index is 938. The van der Waals surface area contributed by atoms with Crippen LogP contribution in [0.25, 0.3) is 11.1 Å². The van der Waals surface area contributed by atoms with E-state index in [1.165, 1.54) is 23.1 Å². The highest BCUT2D eigenvalue weighted by molar-refractivity contribution is 8.01. The van der Waals surface area contributed by atoms with E-state index in [0.717, 1.165) is 10.6 Å². The third-order valence-electron chi connectivity index (χ3n) is 4.42. The summed E-state index contributed by atoms with van der Waals surface area (Å²) in [6, 6.07) is 8.21. The zero-order valence-corrected chi connectivity index (χ0v) is 20.1. The van der Waals surface area contributed by atoms with Gasteiger partial charge >= 0.3 is 5.97 Å². The third kappa shape index (κ3) is 6.17. The second kappa shape index (κ2) is 11.7. The van der Waals surface area contributed by atoms with E-state index in [0.29, 0.717) is 38.8 Å². The monoisotopic (exact) mass is 482 g/mol. The van der Waals surface area contributed by atoms with Crippen LogP contribution in [0, 0.1) is 11.3 Å². The fourth-order valence-electron chi connectivity index (χ4n) is 2.63. The Morgan fingerprint density at radius 3 is 2.53 bits per heavy atom. The number of nitriles is 1. The summed E-state index contributed by atoms with van der Waals surface area (Å²) in [6.07, 6.45) is 3.13. The van der Waals surface area contributed by atoms with Gasteiger partial charge in [0.05, 0.1) is 9.77 Å². The van der Waals surface area contributed by atoms with E-state index < -0.39 is 17.9 Å². The Balaban J connectivity index is 2.53. The predicted octanol–water partition coefficient (Wildman–Crippen LogP) is 5.77. The van der Waals surface area contributed by atoms with Gasteiger partial charge in [-0.2, -0.15) is 17.0 Å². The molecular weight excluding hydrogens is 460 g/mol. The Morgan fingerprint density at radius 1 is 1.33 bits per heavy atom. The van der Waals surface area contributed by atoms with E-state index in [2.05, 4.69) is 25.2 Å². The van der Waals surface area contributed by atoms with Gasteiger partial charge in [-0.3, -0.25) is 4.79 Å². The van der Waals surface area contributed by atoms with Crippen LogP contribution in [0.4, 0.5) is 0 Å². The molecule has 0 fully saturated rings. The van der Waals surface area contributed by atoms with Gasteiger partial charge in [-0.25, -0.2) is 4.79 Å². The molecule has 0 radical (unpaired) electrons. The van der Waals surface area contributed by atoms with Crippen LogP contribution in [0.5, 0.6) is 0 Å². The van der Waals surface area contributed by atoms with Gasteiger partial charge in [0.1, 0.15) is 17.0 Å². The molecule has 1 unspecified atom stereocenters. The lowest BCUT2D eigenvalue weighted by Crippen LogP contribution is -2.41. The molecule has 0 spiro atoms. The van der Waals surface area contributed by atoms with Crippen molar-refractivity contribution in [2.75, 3.05) is 12.0 Å². The van der Waals surface area contributed by atoms with Crippen LogP contribution in [0.15, 0.2) is 28.5 Å². The molecule has 0 aliphatic carbocycles. The normalized spacial score (nSPS) is 12.8. The van der Waals surface area contributed by atoms with Crippen LogP contribution in [-0.2, 0) is 4.79 Å². The first kappa shape index (κ1) is 24.6. The topological polar surface area (TPSA) is 90.2 Å². The van der Waals surface area contributed by atoms with Crippen LogP contribution < -0.4 is 5.32 Å². The number of carbonyl (C=O) groups excluding carboxylic acids is 1. The van der Waals surface area contributed by atoms with Crippen molar-refractivity contribution in [2.45, 2.75) is 42.2 Å². The summed E-state index contributed by atoms with van der Waals surface area (Å²) < 4.78 is 0.762. The number of nitrogens with zero attached hydrogens (tertiary/aromatic N) is 1. The Morgan fingerprint density at radius 2 is 2.00 bits per heavy atom. The number of halogens is 1. The second-order valence-electron chi connectivity index (χ2n) is 6.57. The highest BCUT2D eigenvalue weighted by Crippen LogP contribution is 2.43. The van der Waals surface area contributed by atoms with Crippen molar-refractivity contribution >= 4 is 58.3 Å². The lowest BCUT2D eigenvalue weighted by Gasteiger charge is -2.14. The maximum Gasteiger partial charge on any atom is 0.326 e. The summed E-state index contributed by atoms with van der Waals surface area (Å²) in [5.41, 5.74) is 1.66. The molecule has 1 aromatic carbocycles. The number of thiophene rings is 1. The molecule has 1 aromatic heterocycles. The number of thioether (sulfide) groups is 2. The summed E-state index contributed by atoms with van der Waals surface area (Å²) in [5.74, 6) is -0.938. The maximum atomic E-state index is 13.1. The van der Waals surface area contributed by atoms with Crippen molar-refractivity contribution in [1.29, 1.82) is 5.26 Å². The number of amides is 1. The molecule has 30 heavy (non-hydrogen) atoms. The van der Waals surface area contributed by atoms with Crippen molar-refractivity contribution in [2.24, 2.45) is 0 Å². The summed E-state index contributed by atoms with van der Waals surface area (Å²) >= 11 is 10.3. The number of carbonyl (C=O) groups is 2. The van der Waals surface area contributed by atoms with Crippen molar-refractivity contribution in [1.82, 2.24) is 5.32 Å². The van der Waals surface area contributed by atoms with Crippen molar-refractivity contribution in [3.8, 4) is 17.2 Å². The zero-order chi connectivity index (χ0) is 22.3. The molecule has 1 amide bonds.